The highest BCUT2D eigenvalue weighted by Gasteiger charge is 2.31. The molecular weight excluding hydrogens is 407 g/mol. The Balaban J connectivity index is 1.78. The number of pyridine rings is 1. The minimum Gasteiger partial charge on any atom is -0.475 e. The van der Waals surface area contributed by atoms with E-state index >= 15 is 0 Å². The minimum atomic E-state index is -4.48. The van der Waals surface area contributed by atoms with Crippen LogP contribution in [0, 0.1) is 5.92 Å². The molecular formula is C19H29ClF3N5O. The maximum absolute atomic E-state index is 12.6. The van der Waals surface area contributed by atoms with E-state index in [0.717, 1.165) is 51.2 Å². The monoisotopic (exact) mass is 435 g/mol. The van der Waals surface area contributed by atoms with Crippen LogP contribution in [-0.4, -0.2) is 73.7 Å². The zero-order valence-electron chi connectivity index (χ0n) is 17.1. The molecule has 0 bridgehead atoms. The van der Waals surface area contributed by atoms with Gasteiger partial charge < -0.3 is 19.9 Å². The van der Waals surface area contributed by atoms with Crippen molar-refractivity contribution in [2.45, 2.75) is 26.4 Å². The van der Waals surface area contributed by atoms with Crippen LogP contribution in [0.1, 0.15) is 25.8 Å². The van der Waals surface area contributed by atoms with Crippen LogP contribution in [0.4, 0.5) is 13.2 Å². The smallest absolute Gasteiger partial charge is 0.417 e. The Morgan fingerprint density at radius 2 is 2.14 bits per heavy atom. The summed E-state index contributed by atoms with van der Waals surface area (Å²) in [5.74, 6) is 1.39. The van der Waals surface area contributed by atoms with Crippen molar-refractivity contribution in [2.24, 2.45) is 10.9 Å². The maximum atomic E-state index is 12.6. The molecule has 1 atom stereocenters. The first-order valence-electron chi connectivity index (χ1n) is 9.81. The van der Waals surface area contributed by atoms with Crippen molar-refractivity contribution in [3.63, 3.8) is 0 Å². The summed E-state index contributed by atoms with van der Waals surface area (Å²) >= 11 is 5.85. The number of rotatable bonds is 8. The number of aliphatic imine (C=N–C) groups is 1. The number of aromatic nitrogens is 1. The Hall–Kier alpha value is -1.74. The lowest BCUT2D eigenvalue weighted by molar-refractivity contribution is -0.137. The summed E-state index contributed by atoms with van der Waals surface area (Å²) in [6.45, 7) is 10.1. The number of likely N-dealkylation sites (tertiary alicyclic amines) is 1. The zero-order valence-corrected chi connectivity index (χ0v) is 17.9. The van der Waals surface area contributed by atoms with Gasteiger partial charge in [-0.05, 0) is 31.5 Å². The standard InChI is InChI=1S/C19H29ClF3N5O/c1-4-27(5-2)12-14-6-8-28(13-14)18(24-3)25-7-9-29-17-16(20)10-15(11-26-17)19(21,22)23/h10-11,14H,4-9,12-13H2,1-3H3,(H,24,25). The van der Waals surface area contributed by atoms with E-state index in [-0.39, 0.29) is 17.5 Å². The van der Waals surface area contributed by atoms with Crippen molar-refractivity contribution in [3.05, 3.63) is 22.8 Å². The van der Waals surface area contributed by atoms with Gasteiger partial charge in [0.25, 0.3) is 0 Å². The Labute approximate surface area is 175 Å². The van der Waals surface area contributed by atoms with E-state index in [4.69, 9.17) is 16.3 Å². The first-order chi connectivity index (χ1) is 13.8. The summed E-state index contributed by atoms with van der Waals surface area (Å²) in [6.07, 6.45) is -2.64. The summed E-state index contributed by atoms with van der Waals surface area (Å²) in [6, 6.07) is 0.816. The van der Waals surface area contributed by atoms with Crippen LogP contribution in [-0.2, 0) is 6.18 Å². The van der Waals surface area contributed by atoms with Crippen LogP contribution in [0.5, 0.6) is 5.88 Å². The van der Waals surface area contributed by atoms with Gasteiger partial charge in [-0.15, -0.1) is 0 Å². The predicted molar refractivity (Wildman–Crippen MR) is 109 cm³/mol. The van der Waals surface area contributed by atoms with Gasteiger partial charge in [-0.3, -0.25) is 4.99 Å². The van der Waals surface area contributed by atoms with Gasteiger partial charge in [0, 0.05) is 32.9 Å². The van der Waals surface area contributed by atoms with Crippen LogP contribution in [0.25, 0.3) is 0 Å². The molecule has 0 amide bonds. The van der Waals surface area contributed by atoms with Crippen LogP contribution in [0.3, 0.4) is 0 Å². The molecule has 1 aromatic heterocycles. The molecule has 6 nitrogen and oxygen atoms in total. The molecule has 1 N–H and O–H groups in total. The summed E-state index contributed by atoms with van der Waals surface area (Å²) in [5, 5.41) is 3.06. The van der Waals surface area contributed by atoms with E-state index < -0.39 is 11.7 Å². The highest BCUT2D eigenvalue weighted by atomic mass is 35.5. The molecule has 1 aromatic rings. The molecule has 29 heavy (non-hydrogen) atoms. The van der Waals surface area contributed by atoms with Crippen molar-refractivity contribution < 1.29 is 17.9 Å². The quantitative estimate of drug-likeness (QED) is 0.385. The number of nitrogens with zero attached hydrogens (tertiary/aromatic N) is 4. The lowest BCUT2D eigenvalue weighted by Gasteiger charge is -2.24. The number of hydrogen-bond acceptors (Lipinski definition) is 4. The Bertz CT molecular complexity index is 682. The van der Waals surface area contributed by atoms with Gasteiger partial charge in [-0.2, -0.15) is 13.2 Å². The lowest BCUT2D eigenvalue weighted by atomic mass is 10.1. The maximum Gasteiger partial charge on any atom is 0.417 e. The molecule has 0 spiro atoms. The van der Waals surface area contributed by atoms with Gasteiger partial charge in [-0.1, -0.05) is 25.4 Å². The molecule has 1 fully saturated rings. The van der Waals surface area contributed by atoms with Gasteiger partial charge >= 0.3 is 6.18 Å². The number of ether oxygens (including phenoxy) is 1. The molecule has 164 valence electrons. The second kappa shape index (κ2) is 10.9. The second-order valence-corrected chi connectivity index (χ2v) is 7.32. The third kappa shape index (κ3) is 6.92. The molecule has 2 rings (SSSR count). The molecule has 0 saturated carbocycles. The normalized spacial score (nSPS) is 17.9. The molecule has 2 heterocycles. The zero-order chi connectivity index (χ0) is 21.4. The molecule has 0 aliphatic carbocycles. The fourth-order valence-corrected chi connectivity index (χ4v) is 3.57. The third-order valence-corrected chi connectivity index (χ3v) is 5.24. The predicted octanol–water partition coefficient (Wildman–Crippen LogP) is 3.37. The van der Waals surface area contributed by atoms with Gasteiger partial charge in [-0.25, -0.2) is 4.98 Å². The molecule has 0 aromatic carbocycles. The van der Waals surface area contributed by atoms with Gasteiger partial charge in [0.05, 0.1) is 12.1 Å². The largest absolute Gasteiger partial charge is 0.475 e. The Morgan fingerprint density at radius 1 is 1.41 bits per heavy atom. The molecule has 1 unspecified atom stereocenters. The van der Waals surface area contributed by atoms with Gasteiger partial charge in [0.1, 0.15) is 11.6 Å². The molecule has 1 saturated heterocycles. The topological polar surface area (TPSA) is 53.0 Å². The van der Waals surface area contributed by atoms with Crippen molar-refractivity contribution in [1.82, 2.24) is 20.1 Å². The van der Waals surface area contributed by atoms with Crippen molar-refractivity contribution in [1.29, 1.82) is 0 Å². The van der Waals surface area contributed by atoms with E-state index in [9.17, 15) is 13.2 Å². The number of hydrogen-bond donors (Lipinski definition) is 1. The molecule has 1 aliphatic heterocycles. The first-order valence-corrected chi connectivity index (χ1v) is 10.2. The fourth-order valence-electron chi connectivity index (χ4n) is 3.35. The Kier molecular flexibility index (Phi) is 8.82. The Morgan fingerprint density at radius 3 is 2.72 bits per heavy atom. The average Bonchev–Trinajstić information content (AvgIpc) is 3.14. The van der Waals surface area contributed by atoms with Crippen molar-refractivity contribution >= 4 is 17.6 Å². The van der Waals surface area contributed by atoms with E-state index in [2.05, 4.69) is 38.9 Å². The fraction of sp³-hybridized carbons (Fsp3) is 0.684. The second-order valence-electron chi connectivity index (χ2n) is 6.92. The minimum absolute atomic E-state index is 0.0167. The summed E-state index contributed by atoms with van der Waals surface area (Å²) in [5.41, 5.74) is -0.901. The average molecular weight is 436 g/mol. The molecule has 0 radical (unpaired) electrons. The highest BCUT2D eigenvalue weighted by Crippen LogP contribution is 2.33. The summed E-state index contributed by atoms with van der Waals surface area (Å²) in [4.78, 5) is 12.6. The van der Waals surface area contributed by atoms with E-state index in [0.29, 0.717) is 18.7 Å². The van der Waals surface area contributed by atoms with Crippen molar-refractivity contribution in [2.75, 3.05) is 52.9 Å². The van der Waals surface area contributed by atoms with Crippen LogP contribution >= 0.6 is 11.6 Å². The lowest BCUT2D eigenvalue weighted by Crippen LogP contribution is -2.42. The third-order valence-electron chi connectivity index (χ3n) is 4.97. The SMILES string of the molecule is CCN(CC)CC1CCN(C(=NC)NCCOc2ncc(C(F)(F)F)cc2Cl)C1. The summed E-state index contributed by atoms with van der Waals surface area (Å²) in [7, 11) is 1.73. The number of alkyl halides is 3. The van der Waals surface area contributed by atoms with E-state index in [1.54, 1.807) is 7.05 Å². The van der Waals surface area contributed by atoms with Crippen LogP contribution in [0.15, 0.2) is 17.3 Å². The van der Waals surface area contributed by atoms with Gasteiger partial charge in [0.2, 0.25) is 5.88 Å². The number of halogens is 4. The highest BCUT2D eigenvalue weighted by molar-refractivity contribution is 6.31. The number of nitrogens with one attached hydrogen (secondary N) is 1. The number of guanidine groups is 1. The molecule has 10 heteroatoms. The van der Waals surface area contributed by atoms with E-state index in [1.807, 2.05) is 0 Å². The van der Waals surface area contributed by atoms with E-state index in [1.165, 1.54) is 0 Å². The molecule has 1 aliphatic rings. The first kappa shape index (κ1) is 23.5. The summed E-state index contributed by atoms with van der Waals surface area (Å²) < 4.78 is 43.4. The van der Waals surface area contributed by atoms with Crippen LogP contribution < -0.4 is 10.1 Å². The van der Waals surface area contributed by atoms with Crippen LogP contribution in [0.2, 0.25) is 5.02 Å². The van der Waals surface area contributed by atoms with Gasteiger partial charge in [0.15, 0.2) is 5.96 Å². The van der Waals surface area contributed by atoms with Crippen molar-refractivity contribution in [3.8, 4) is 5.88 Å².